The highest BCUT2D eigenvalue weighted by atomic mass is 16.5. The minimum atomic E-state index is 0.129. The van der Waals surface area contributed by atoms with Gasteiger partial charge in [0.1, 0.15) is 5.75 Å². The van der Waals surface area contributed by atoms with Crippen molar-refractivity contribution in [3.63, 3.8) is 0 Å². The summed E-state index contributed by atoms with van der Waals surface area (Å²) in [6, 6.07) is 6.41. The van der Waals surface area contributed by atoms with E-state index < -0.39 is 0 Å². The normalized spacial score (nSPS) is 11.6. The zero-order chi connectivity index (χ0) is 13.6. The highest BCUT2D eigenvalue weighted by Gasteiger charge is 2.11. The van der Waals surface area contributed by atoms with E-state index >= 15 is 0 Å². The molecule has 0 aliphatic rings. The molecule has 0 saturated carbocycles. The van der Waals surface area contributed by atoms with Crippen LogP contribution in [0, 0.1) is 6.92 Å². The van der Waals surface area contributed by atoms with E-state index in [1.807, 2.05) is 0 Å². The second-order valence-corrected chi connectivity index (χ2v) is 5.92. The van der Waals surface area contributed by atoms with Gasteiger partial charge in [-0.2, -0.15) is 0 Å². The highest BCUT2D eigenvalue weighted by Crippen LogP contribution is 2.21. The van der Waals surface area contributed by atoms with Crippen LogP contribution in [0.25, 0.3) is 0 Å². The first-order valence-electron chi connectivity index (χ1n) is 6.90. The van der Waals surface area contributed by atoms with E-state index in [1.54, 1.807) is 0 Å². The molecule has 0 radical (unpaired) electrons. The molecule has 1 aromatic carbocycles. The van der Waals surface area contributed by atoms with Crippen molar-refractivity contribution in [3.05, 3.63) is 29.3 Å². The average Bonchev–Trinajstić information content (AvgIpc) is 2.28. The van der Waals surface area contributed by atoms with Crippen LogP contribution in [0.2, 0.25) is 0 Å². The van der Waals surface area contributed by atoms with E-state index in [-0.39, 0.29) is 5.54 Å². The number of rotatable bonds is 6. The molecule has 1 rings (SSSR count). The Morgan fingerprint density at radius 3 is 2.56 bits per heavy atom. The third-order valence-corrected chi connectivity index (χ3v) is 2.78. The average molecular weight is 249 g/mol. The quantitative estimate of drug-likeness (QED) is 0.768. The van der Waals surface area contributed by atoms with Crippen LogP contribution in [-0.2, 0) is 6.54 Å². The van der Waals surface area contributed by atoms with Crippen molar-refractivity contribution < 1.29 is 4.74 Å². The van der Waals surface area contributed by atoms with Gasteiger partial charge in [-0.15, -0.1) is 0 Å². The molecule has 0 aliphatic carbocycles. The Kier molecular flexibility index (Phi) is 5.67. The molecule has 0 aromatic heterocycles. The monoisotopic (exact) mass is 249 g/mol. The Balaban J connectivity index is 2.70. The fourth-order valence-corrected chi connectivity index (χ4v) is 1.67. The second-order valence-electron chi connectivity index (χ2n) is 5.92. The SMILES string of the molecule is CCCCOc1ccc(C)cc1CNC(C)(C)C. The molecule has 1 aromatic rings. The first-order valence-corrected chi connectivity index (χ1v) is 6.90. The van der Waals surface area contributed by atoms with Crippen LogP contribution in [0.1, 0.15) is 51.7 Å². The zero-order valence-electron chi connectivity index (χ0n) is 12.5. The molecule has 0 heterocycles. The molecule has 2 heteroatoms. The molecule has 0 saturated heterocycles. The first-order chi connectivity index (χ1) is 8.42. The Hall–Kier alpha value is -1.02. The number of nitrogens with one attached hydrogen (secondary N) is 1. The van der Waals surface area contributed by atoms with Gasteiger partial charge in [0.05, 0.1) is 6.61 Å². The van der Waals surface area contributed by atoms with Crippen LogP contribution >= 0.6 is 0 Å². The number of aryl methyl sites for hydroxylation is 1. The molecular weight excluding hydrogens is 222 g/mol. The molecule has 102 valence electrons. The number of unbranched alkanes of at least 4 members (excludes halogenated alkanes) is 1. The second kappa shape index (κ2) is 6.79. The van der Waals surface area contributed by atoms with Crippen LogP contribution in [0.4, 0.5) is 0 Å². The molecule has 0 amide bonds. The number of hydrogen-bond acceptors (Lipinski definition) is 2. The van der Waals surface area contributed by atoms with Gasteiger partial charge in [0, 0.05) is 17.6 Å². The maximum Gasteiger partial charge on any atom is 0.123 e. The molecule has 0 aliphatic heterocycles. The Labute approximate surface area is 112 Å². The van der Waals surface area contributed by atoms with Crippen molar-refractivity contribution in [1.29, 1.82) is 0 Å². The van der Waals surface area contributed by atoms with Crippen LogP contribution < -0.4 is 10.1 Å². The standard InChI is InChI=1S/C16H27NO/c1-6-7-10-18-15-9-8-13(2)11-14(15)12-17-16(3,4)5/h8-9,11,17H,6-7,10,12H2,1-5H3. The lowest BCUT2D eigenvalue weighted by Gasteiger charge is -2.22. The van der Waals surface area contributed by atoms with Gasteiger partial charge in [0.25, 0.3) is 0 Å². The smallest absolute Gasteiger partial charge is 0.123 e. The van der Waals surface area contributed by atoms with Gasteiger partial charge in [-0.3, -0.25) is 0 Å². The number of benzene rings is 1. The summed E-state index contributed by atoms with van der Waals surface area (Å²) in [4.78, 5) is 0. The molecule has 2 nitrogen and oxygen atoms in total. The van der Waals surface area contributed by atoms with Crippen molar-refractivity contribution >= 4 is 0 Å². The molecule has 0 spiro atoms. The van der Waals surface area contributed by atoms with Crippen molar-refractivity contribution in [2.75, 3.05) is 6.61 Å². The van der Waals surface area contributed by atoms with E-state index in [2.05, 4.69) is 58.1 Å². The summed E-state index contributed by atoms with van der Waals surface area (Å²) in [7, 11) is 0. The third-order valence-electron chi connectivity index (χ3n) is 2.78. The minimum Gasteiger partial charge on any atom is -0.493 e. The summed E-state index contributed by atoms with van der Waals surface area (Å²) < 4.78 is 5.86. The van der Waals surface area contributed by atoms with Crippen LogP contribution in [0.3, 0.4) is 0 Å². The van der Waals surface area contributed by atoms with Gasteiger partial charge in [0.15, 0.2) is 0 Å². The predicted molar refractivity (Wildman–Crippen MR) is 78.2 cm³/mol. The van der Waals surface area contributed by atoms with Crippen LogP contribution in [0.15, 0.2) is 18.2 Å². The molecule has 0 fully saturated rings. The first kappa shape index (κ1) is 15.0. The van der Waals surface area contributed by atoms with E-state index in [1.165, 1.54) is 17.5 Å². The molecule has 18 heavy (non-hydrogen) atoms. The fourth-order valence-electron chi connectivity index (χ4n) is 1.67. The van der Waals surface area contributed by atoms with E-state index in [0.717, 1.165) is 25.3 Å². The summed E-state index contributed by atoms with van der Waals surface area (Å²) >= 11 is 0. The molecule has 0 unspecified atom stereocenters. The van der Waals surface area contributed by atoms with E-state index in [9.17, 15) is 0 Å². The maximum atomic E-state index is 5.86. The summed E-state index contributed by atoms with van der Waals surface area (Å²) in [6.45, 7) is 12.5. The van der Waals surface area contributed by atoms with Gasteiger partial charge >= 0.3 is 0 Å². The lowest BCUT2D eigenvalue weighted by molar-refractivity contribution is 0.303. The topological polar surface area (TPSA) is 21.3 Å². The Morgan fingerprint density at radius 1 is 1.22 bits per heavy atom. The maximum absolute atomic E-state index is 5.86. The predicted octanol–water partition coefficient (Wildman–Crippen LogP) is 4.06. The Bertz CT molecular complexity index is 366. The van der Waals surface area contributed by atoms with Crippen molar-refractivity contribution in [2.45, 2.75) is 59.5 Å². The van der Waals surface area contributed by atoms with Crippen LogP contribution in [-0.4, -0.2) is 12.1 Å². The summed E-state index contributed by atoms with van der Waals surface area (Å²) in [6.07, 6.45) is 2.28. The molecule has 0 atom stereocenters. The van der Waals surface area contributed by atoms with E-state index in [0.29, 0.717) is 0 Å². The summed E-state index contributed by atoms with van der Waals surface area (Å²) in [5.74, 6) is 1.02. The Morgan fingerprint density at radius 2 is 1.94 bits per heavy atom. The lowest BCUT2D eigenvalue weighted by Crippen LogP contribution is -2.35. The third kappa shape index (κ3) is 5.54. The molecule has 1 N–H and O–H groups in total. The highest BCUT2D eigenvalue weighted by molar-refractivity contribution is 5.36. The molecule has 0 bridgehead atoms. The van der Waals surface area contributed by atoms with Gasteiger partial charge in [-0.05, 0) is 40.2 Å². The minimum absolute atomic E-state index is 0.129. The molecular formula is C16H27NO. The fraction of sp³-hybridized carbons (Fsp3) is 0.625. The van der Waals surface area contributed by atoms with Crippen molar-refractivity contribution in [2.24, 2.45) is 0 Å². The van der Waals surface area contributed by atoms with Gasteiger partial charge in [-0.25, -0.2) is 0 Å². The zero-order valence-corrected chi connectivity index (χ0v) is 12.5. The lowest BCUT2D eigenvalue weighted by atomic mass is 10.1. The van der Waals surface area contributed by atoms with Crippen molar-refractivity contribution in [3.8, 4) is 5.75 Å². The largest absolute Gasteiger partial charge is 0.493 e. The number of hydrogen-bond donors (Lipinski definition) is 1. The van der Waals surface area contributed by atoms with Gasteiger partial charge < -0.3 is 10.1 Å². The number of ether oxygens (including phenoxy) is 1. The van der Waals surface area contributed by atoms with Gasteiger partial charge in [0.2, 0.25) is 0 Å². The van der Waals surface area contributed by atoms with Gasteiger partial charge in [-0.1, -0.05) is 31.0 Å². The van der Waals surface area contributed by atoms with Crippen LogP contribution in [0.5, 0.6) is 5.75 Å². The summed E-state index contributed by atoms with van der Waals surface area (Å²) in [5.41, 5.74) is 2.66. The van der Waals surface area contributed by atoms with Crippen molar-refractivity contribution in [1.82, 2.24) is 5.32 Å². The summed E-state index contributed by atoms with van der Waals surface area (Å²) in [5, 5.41) is 3.52. The van der Waals surface area contributed by atoms with E-state index in [4.69, 9.17) is 4.74 Å².